The third kappa shape index (κ3) is 6.59. The minimum absolute atomic E-state index is 0.231. The first-order chi connectivity index (χ1) is 13.5. The molecular formula is C20H22ClN3O4. The number of benzene rings is 2. The third-order valence-electron chi connectivity index (χ3n) is 3.73. The van der Waals surface area contributed by atoms with Crippen molar-refractivity contribution >= 4 is 29.3 Å². The first-order valence-corrected chi connectivity index (χ1v) is 9.24. The van der Waals surface area contributed by atoms with Crippen LogP contribution in [-0.4, -0.2) is 30.9 Å². The van der Waals surface area contributed by atoms with Crippen molar-refractivity contribution in [1.29, 1.82) is 0 Å². The maximum atomic E-state index is 12.1. The number of hydrogen-bond donors (Lipinski definition) is 3. The van der Waals surface area contributed by atoms with Gasteiger partial charge in [0.05, 0.1) is 23.7 Å². The van der Waals surface area contributed by atoms with Gasteiger partial charge in [0.25, 0.3) is 17.7 Å². The van der Waals surface area contributed by atoms with Gasteiger partial charge in [-0.05, 0) is 42.8 Å². The predicted molar refractivity (Wildman–Crippen MR) is 106 cm³/mol. The molecule has 0 radical (unpaired) electrons. The zero-order chi connectivity index (χ0) is 20.4. The summed E-state index contributed by atoms with van der Waals surface area (Å²) in [4.78, 5) is 35.8. The summed E-state index contributed by atoms with van der Waals surface area (Å²) in [6.07, 6.45) is 2.01. The van der Waals surface area contributed by atoms with Crippen LogP contribution in [0.1, 0.15) is 40.5 Å². The van der Waals surface area contributed by atoms with E-state index in [0.29, 0.717) is 17.9 Å². The number of carbonyl (C=O) groups is 3. The van der Waals surface area contributed by atoms with Gasteiger partial charge in [-0.3, -0.25) is 25.2 Å². The molecule has 7 nitrogen and oxygen atoms in total. The van der Waals surface area contributed by atoms with Crippen LogP contribution in [0.25, 0.3) is 0 Å². The van der Waals surface area contributed by atoms with Crippen LogP contribution in [0.15, 0.2) is 48.5 Å². The van der Waals surface area contributed by atoms with Crippen molar-refractivity contribution in [1.82, 2.24) is 16.2 Å². The van der Waals surface area contributed by atoms with E-state index in [2.05, 4.69) is 23.1 Å². The Labute approximate surface area is 168 Å². The van der Waals surface area contributed by atoms with Crippen molar-refractivity contribution in [2.75, 3.05) is 13.2 Å². The highest BCUT2D eigenvalue weighted by molar-refractivity contribution is 6.33. The molecule has 0 bridgehead atoms. The summed E-state index contributed by atoms with van der Waals surface area (Å²) in [5.74, 6) is -0.852. The summed E-state index contributed by atoms with van der Waals surface area (Å²) >= 11 is 5.91. The lowest BCUT2D eigenvalue weighted by Crippen LogP contribution is -2.46. The highest BCUT2D eigenvalue weighted by Crippen LogP contribution is 2.14. The van der Waals surface area contributed by atoms with Crippen molar-refractivity contribution in [3.8, 4) is 5.75 Å². The van der Waals surface area contributed by atoms with Gasteiger partial charge in [0.1, 0.15) is 5.75 Å². The van der Waals surface area contributed by atoms with Crippen LogP contribution in [-0.2, 0) is 4.79 Å². The third-order valence-corrected chi connectivity index (χ3v) is 4.06. The summed E-state index contributed by atoms with van der Waals surface area (Å²) in [5.41, 5.74) is 5.10. The summed E-state index contributed by atoms with van der Waals surface area (Å²) in [6.45, 7) is 2.41. The van der Waals surface area contributed by atoms with E-state index in [9.17, 15) is 14.4 Å². The van der Waals surface area contributed by atoms with E-state index in [0.717, 1.165) is 12.8 Å². The molecule has 0 heterocycles. The van der Waals surface area contributed by atoms with Crippen LogP contribution in [0.2, 0.25) is 5.02 Å². The Bertz CT molecular complexity index is 824. The van der Waals surface area contributed by atoms with E-state index in [4.69, 9.17) is 16.3 Å². The lowest BCUT2D eigenvalue weighted by atomic mass is 10.2. The quantitative estimate of drug-likeness (QED) is 0.466. The van der Waals surface area contributed by atoms with E-state index in [1.807, 2.05) is 0 Å². The summed E-state index contributed by atoms with van der Waals surface area (Å²) in [6, 6.07) is 13.1. The van der Waals surface area contributed by atoms with Gasteiger partial charge >= 0.3 is 0 Å². The molecule has 2 aromatic carbocycles. The van der Waals surface area contributed by atoms with Crippen LogP contribution in [0, 0.1) is 0 Å². The zero-order valence-electron chi connectivity index (χ0n) is 15.5. The smallest absolute Gasteiger partial charge is 0.271 e. The standard InChI is InChI=1S/C20H22ClN3O4/c1-2-3-12-28-15-10-8-14(9-11-15)19(26)22-13-18(25)23-24-20(27)16-6-4-5-7-17(16)21/h4-11H,2-3,12-13H2,1H3,(H,22,26)(H,23,25)(H,24,27). The lowest BCUT2D eigenvalue weighted by molar-refractivity contribution is -0.120. The molecule has 0 saturated heterocycles. The molecule has 8 heteroatoms. The second-order valence-corrected chi connectivity index (χ2v) is 6.30. The fourth-order valence-corrected chi connectivity index (χ4v) is 2.40. The Morgan fingerprint density at radius 2 is 1.68 bits per heavy atom. The molecule has 0 aromatic heterocycles. The number of hydrogen-bond acceptors (Lipinski definition) is 4. The monoisotopic (exact) mass is 403 g/mol. The molecule has 3 N–H and O–H groups in total. The van der Waals surface area contributed by atoms with Gasteiger partial charge in [0.2, 0.25) is 0 Å². The van der Waals surface area contributed by atoms with Gasteiger partial charge in [-0.25, -0.2) is 0 Å². The Morgan fingerprint density at radius 3 is 2.36 bits per heavy atom. The van der Waals surface area contributed by atoms with E-state index in [1.54, 1.807) is 42.5 Å². The first kappa shape index (κ1) is 21.2. The fraction of sp³-hybridized carbons (Fsp3) is 0.250. The van der Waals surface area contributed by atoms with Crippen molar-refractivity contribution in [2.24, 2.45) is 0 Å². The van der Waals surface area contributed by atoms with Crippen LogP contribution in [0.5, 0.6) is 5.75 Å². The number of amides is 3. The molecule has 3 amide bonds. The number of carbonyl (C=O) groups excluding carboxylic acids is 3. The topological polar surface area (TPSA) is 96.5 Å². The molecule has 2 aromatic rings. The Kier molecular flexibility index (Phi) is 8.30. The van der Waals surface area contributed by atoms with Crippen molar-refractivity contribution in [3.63, 3.8) is 0 Å². The van der Waals surface area contributed by atoms with Crippen LogP contribution < -0.4 is 20.9 Å². The highest BCUT2D eigenvalue weighted by Gasteiger charge is 2.12. The second-order valence-electron chi connectivity index (χ2n) is 5.89. The molecular weight excluding hydrogens is 382 g/mol. The van der Waals surface area contributed by atoms with Gasteiger partial charge in [-0.2, -0.15) is 0 Å². The number of ether oxygens (including phenoxy) is 1. The van der Waals surface area contributed by atoms with Crippen LogP contribution in [0.4, 0.5) is 0 Å². The maximum Gasteiger partial charge on any atom is 0.271 e. The van der Waals surface area contributed by atoms with Crippen molar-refractivity contribution < 1.29 is 19.1 Å². The molecule has 0 unspecified atom stereocenters. The molecule has 0 aliphatic carbocycles. The Hall–Kier alpha value is -3.06. The minimum atomic E-state index is -0.576. The van der Waals surface area contributed by atoms with Crippen LogP contribution >= 0.6 is 11.6 Å². The SMILES string of the molecule is CCCCOc1ccc(C(=O)NCC(=O)NNC(=O)c2ccccc2Cl)cc1. The maximum absolute atomic E-state index is 12.1. The number of unbranched alkanes of at least 4 members (excludes halogenated alkanes) is 1. The zero-order valence-corrected chi connectivity index (χ0v) is 16.2. The first-order valence-electron chi connectivity index (χ1n) is 8.86. The minimum Gasteiger partial charge on any atom is -0.494 e. The highest BCUT2D eigenvalue weighted by atomic mass is 35.5. The van der Waals surface area contributed by atoms with Crippen molar-refractivity contribution in [2.45, 2.75) is 19.8 Å². The van der Waals surface area contributed by atoms with Crippen LogP contribution in [0.3, 0.4) is 0 Å². The predicted octanol–water partition coefficient (Wildman–Crippen LogP) is 2.71. The molecule has 0 spiro atoms. The number of rotatable bonds is 8. The van der Waals surface area contributed by atoms with E-state index in [1.165, 1.54) is 6.07 Å². The number of halogens is 1. The fourth-order valence-electron chi connectivity index (χ4n) is 2.18. The molecule has 2 rings (SSSR count). The molecule has 0 aliphatic heterocycles. The number of nitrogens with one attached hydrogen (secondary N) is 3. The largest absolute Gasteiger partial charge is 0.494 e. The van der Waals surface area contributed by atoms with E-state index >= 15 is 0 Å². The molecule has 0 saturated carbocycles. The molecule has 0 atom stereocenters. The van der Waals surface area contributed by atoms with Gasteiger partial charge in [0.15, 0.2) is 0 Å². The summed E-state index contributed by atoms with van der Waals surface area (Å²) in [7, 11) is 0. The molecule has 28 heavy (non-hydrogen) atoms. The molecule has 148 valence electrons. The van der Waals surface area contributed by atoms with Gasteiger partial charge < -0.3 is 10.1 Å². The molecule has 0 aliphatic rings. The average Bonchev–Trinajstić information content (AvgIpc) is 2.71. The Balaban J connectivity index is 1.75. The van der Waals surface area contributed by atoms with Crippen molar-refractivity contribution in [3.05, 3.63) is 64.7 Å². The second kappa shape index (κ2) is 10.9. The summed E-state index contributed by atoms with van der Waals surface area (Å²) in [5, 5.41) is 2.74. The van der Waals surface area contributed by atoms with E-state index in [-0.39, 0.29) is 17.1 Å². The van der Waals surface area contributed by atoms with E-state index < -0.39 is 17.7 Å². The van der Waals surface area contributed by atoms with Gasteiger partial charge in [-0.15, -0.1) is 0 Å². The molecule has 0 fully saturated rings. The summed E-state index contributed by atoms with van der Waals surface area (Å²) < 4.78 is 5.53. The number of hydrazine groups is 1. The normalized spacial score (nSPS) is 10.1. The van der Waals surface area contributed by atoms with Gasteiger partial charge in [-0.1, -0.05) is 37.1 Å². The average molecular weight is 404 g/mol. The van der Waals surface area contributed by atoms with Gasteiger partial charge in [0, 0.05) is 5.56 Å². The lowest BCUT2D eigenvalue weighted by Gasteiger charge is -2.10. The Morgan fingerprint density at radius 1 is 0.964 bits per heavy atom.